The molecule has 3 aromatic rings. The number of carbonyl (C=O) groups excluding carboxylic acids is 1. The molecule has 156 valence electrons. The molecule has 0 radical (unpaired) electrons. The minimum absolute atomic E-state index is 0.0731. The van der Waals surface area contributed by atoms with Crippen LogP contribution in [0.25, 0.3) is 6.08 Å². The summed E-state index contributed by atoms with van der Waals surface area (Å²) in [7, 11) is 0. The van der Waals surface area contributed by atoms with Gasteiger partial charge in [0.25, 0.3) is 5.91 Å². The van der Waals surface area contributed by atoms with Crippen LogP contribution < -0.4 is 4.74 Å². The number of aliphatic imine (C=N–C) groups is 1. The van der Waals surface area contributed by atoms with Crippen molar-refractivity contribution in [2.24, 2.45) is 4.99 Å². The van der Waals surface area contributed by atoms with Gasteiger partial charge in [-0.2, -0.15) is 0 Å². The average Bonchev–Trinajstić information content (AvgIpc) is 3.08. The van der Waals surface area contributed by atoms with E-state index in [0.29, 0.717) is 39.7 Å². The molecule has 2 heterocycles. The lowest BCUT2D eigenvalue weighted by Gasteiger charge is -2.12. The Kier molecular flexibility index (Phi) is 6.70. The summed E-state index contributed by atoms with van der Waals surface area (Å²) in [5.41, 5.74) is 2.44. The molecule has 7 heteroatoms. The van der Waals surface area contributed by atoms with E-state index in [1.807, 2.05) is 73.7 Å². The number of benzene rings is 2. The summed E-state index contributed by atoms with van der Waals surface area (Å²) in [6.45, 7) is 2.81. The average molecular weight is 450 g/mol. The van der Waals surface area contributed by atoms with E-state index < -0.39 is 0 Å². The Labute approximate surface area is 190 Å². The summed E-state index contributed by atoms with van der Waals surface area (Å²) in [5, 5.41) is 1.30. The van der Waals surface area contributed by atoms with Gasteiger partial charge < -0.3 is 4.74 Å². The van der Waals surface area contributed by atoms with Crippen LogP contribution in [0.1, 0.15) is 18.1 Å². The van der Waals surface area contributed by atoms with Gasteiger partial charge in [-0.05, 0) is 49.0 Å². The van der Waals surface area contributed by atoms with Crippen LogP contribution in [0.15, 0.2) is 83.0 Å². The first-order valence-corrected chi connectivity index (χ1v) is 11.0. The summed E-state index contributed by atoms with van der Waals surface area (Å²) in [5.74, 6) is 0.611. The van der Waals surface area contributed by atoms with Gasteiger partial charge in [-0.25, -0.2) is 4.99 Å². The monoisotopic (exact) mass is 449 g/mol. The summed E-state index contributed by atoms with van der Waals surface area (Å²) in [6.07, 6.45) is 5.22. The fourth-order valence-electron chi connectivity index (χ4n) is 3.04. The van der Waals surface area contributed by atoms with E-state index in [1.54, 1.807) is 17.3 Å². The molecule has 0 unspecified atom stereocenters. The number of hydrogen-bond acceptors (Lipinski definition) is 5. The van der Waals surface area contributed by atoms with E-state index in [0.717, 1.165) is 11.1 Å². The lowest BCUT2D eigenvalue weighted by Crippen LogP contribution is -2.28. The number of amides is 1. The number of amidine groups is 1. The maximum atomic E-state index is 13.0. The van der Waals surface area contributed by atoms with Gasteiger partial charge in [0, 0.05) is 28.9 Å². The molecular formula is C24H20ClN3O2S. The van der Waals surface area contributed by atoms with Gasteiger partial charge in [-0.15, -0.1) is 0 Å². The predicted molar refractivity (Wildman–Crippen MR) is 127 cm³/mol. The first-order valence-electron chi connectivity index (χ1n) is 9.81. The number of pyridine rings is 1. The summed E-state index contributed by atoms with van der Waals surface area (Å²) < 4.78 is 6.02. The highest BCUT2D eigenvalue weighted by atomic mass is 35.5. The molecule has 0 bridgehead atoms. The number of para-hydroxylation sites is 1. The second-order valence-electron chi connectivity index (χ2n) is 6.68. The molecule has 2 aromatic carbocycles. The largest absolute Gasteiger partial charge is 0.488 e. The molecule has 31 heavy (non-hydrogen) atoms. The maximum Gasteiger partial charge on any atom is 0.266 e. The Hall–Kier alpha value is -3.09. The minimum atomic E-state index is -0.0731. The van der Waals surface area contributed by atoms with Crippen LogP contribution in [-0.2, 0) is 11.4 Å². The second-order valence-corrected chi connectivity index (χ2v) is 8.10. The molecule has 5 nitrogen and oxygen atoms in total. The van der Waals surface area contributed by atoms with E-state index in [4.69, 9.17) is 16.3 Å². The topological polar surface area (TPSA) is 54.8 Å². The van der Waals surface area contributed by atoms with E-state index in [9.17, 15) is 4.79 Å². The van der Waals surface area contributed by atoms with E-state index in [2.05, 4.69) is 9.98 Å². The molecule has 1 aliphatic heterocycles. The molecule has 0 aliphatic carbocycles. The van der Waals surface area contributed by atoms with Crippen molar-refractivity contribution in [3.63, 3.8) is 0 Å². The van der Waals surface area contributed by atoms with Gasteiger partial charge >= 0.3 is 0 Å². The summed E-state index contributed by atoms with van der Waals surface area (Å²) in [6, 6.07) is 18.9. The van der Waals surface area contributed by atoms with Crippen molar-refractivity contribution in [3.05, 3.63) is 94.1 Å². The third-order valence-corrected chi connectivity index (χ3v) is 6.00. The van der Waals surface area contributed by atoms with Gasteiger partial charge in [0.1, 0.15) is 12.4 Å². The number of hydrogen-bond donors (Lipinski definition) is 0. The smallest absolute Gasteiger partial charge is 0.266 e. The van der Waals surface area contributed by atoms with Crippen molar-refractivity contribution in [1.82, 2.24) is 9.88 Å². The minimum Gasteiger partial charge on any atom is -0.488 e. The standard InChI is InChI=1S/C24H20ClN3O2S/c1-2-28-23(29)22(31-24(28)27-19-10-7-13-26-15-19)14-17-8-4-6-12-21(17)30-16-18-9-3-5-11-20(18)25/h3-15H,2,16H2,1H3/b22-14-,27-24?. The van der Waals surface area contributed by atoms with Crippen molar-refractivity contribution in [2.45, 2.75) is 13.5 Å². The van der Waals surface area contributed by atoms with Gasteiger partial charge in [0.2, 0.25) is 0 Å². The number of thioether (sulfide) groups is 1. The molecule has 0 atom stereocenters. The van der Waals surface area contributed by atoms with Crippen LogP contribution in [0.3, 0.4) is 0 Å². The Morgan fingerprint density at radius 1 is 1.13 bits per heavy atom. The Bertz CT molecular complexity index is 1150. The number of carbonyl (C=O) groups is 1. The number of aromatic nitrogens is 1. The van der Waals surface area contributed by atoms with Crippen LogP contribution in [0.5, 0.6) is 5.75 Å². The van der Waals surface area contributed by atoms with Crippen LogP contribution in [-0.4, -0.2) is 27.5 Å². The highest BCUT2D eigenvalue weighted by Crippen LogP contribution is 2.35. The number of halogens is 1. The number of ether oxygens (including phenoxy) is 1. The van der Waals surface area contributed by atoms with Crippen LogP contribution in [0.4, 0.5) is 5.69 Å². The van der Waals surface area contributed by atoms with Crippen LogP contribution in [0.2, 0.25) is 5.02 Å². The second kappa shape index (κ2) is 9.81. The van der Waals surface area contributed by atoms with Gasteiger partial charge in [0.15, 0.2) is 5.17 Å². The molecule has 0 saturated carbocycles. The normalized spacial score (nSPS) is 16.3. The van der Waals surface area contributed by atoms with Crippen molar-refractivity contribution in [1.29, 1.82) is 0 Å². The Morgan fingerprint density at radius 3 is 2.71 bits per heavy atom. The first kappa shape index (κ1) is 21.2. The highest BCUT2D eigenvalue weighted by Gasteiger charge is 2.32. The van der Waals surface area contributed by atoms with Gasteiger partial charge in [0.05, 0.1) is 16.8 Å². The van der Waals surface area contributed by atoms with E-state index in [-0.39, 0.29) is 5.91 Å². The fraction of sp³-hybridized carbons (Fsp3) is 0.125. The number of rotatable bonds is 6. The number of nitrogens with zero attached hydrogens (tertiary/aromatic N) is 3. The van der Waals surface area contributed by atoms with Crippen LogP contribution >= 0.6 is 23.4 Å². The van der Waals surface area contributed by atoms with Gasteiger partial charge in [-0.3, -0.25) is 14.7 Å². The SMILES string of the molecule is CCN1C(=O)/C(=C/c2ccccc2OCc2ccccc2Cl)SC1=Nc1cccnc1. The zero-order valence-corrected chi connectivity index (χ0v) is 18.4. The van der Waals surface area contributed by atoms with E-state index >= 15 is 0 Å². The molecule has 1 fully saturated rings. The molecule has 4 rings (SSSR count). The van der Waals surface area contributed by atoms with Crippen molar-refractivity contribution >= 4 is 46.2 Å². The third kappa shape index (κ3) is 4.98. The highest BCUT2D eigenvalue weighted by molar-refractivity contribution is 8.18. The van der Waals surface area contributed by atoms with Crippen molar-refractivity contribution < 1.29 is 9.53 Å². The van der Waals surface area contributed by atoms with Gasteiger partial charge in [-0.1, -0.05) is 48.0 Å². The van der Waals surface area contributed by atoms with Crippen molar-refractivity contribution in [2.75, 3.05) is 6.54 Å². The number of likely N-dealkylation sites (N-methyl/N-ethyl adjacent to an activating group) is 1. The zero-order chi connectivity index (χ0) is 21.6. The lowest BCUT2D eigenvalue weighted by atomic mass is 10.1. The van der Waals surface area contributed by atoms with E-state index in [1.165, 1.54) is 11.8 Å². The lowest BCUT2D eigenvalue weighted by molar-refractivity contribution is -0.122. The molecular weight excluding hydrogens is 430 g/mol. The van der Waals surface area contributed by atoms with Crippen molar-refractivity contribution in [3.8, 4) is 5.75 Å². The molecule has 1 saturated heterocycles. The Morgan fingerprint density at radius 2 is 1.94 bits per heavy atom. The zero-order valence-electron chi connectivity index (χ0n) is 16.9. The quantitative estimate of drug-likeness (QED) is 0.437. The Balaban J connectivity index is 1.59. The fourth-order valence-corrected chi connectivity index (χ4v) is 4.29. The van der Waals surface area contributed by atoms with Crippen LogP contribution in [0, 0.1) is 0 Å². The maximum absolute atomic E-state index is 13.0. The predicted octanol–water partition coefficient (Wildman–Crippen LogP) is 5.94. The molecule has 1 amide bonds. The molecule has 1 aromatic heterocycles. The first-order chi connectivity index (χ1) is 15.2. The molecule has 0 N–H and O–H groups in total. The molecule has 0 spiro atoms. The third-order valence-electron chi connectivity index (χ3n) is 4.62. The summed E-state index contributed by atoms with van der Waals surface area (Å²) >= 11 is 7.59. The summed E-state index contributed by atoms with van der Waals surface area (Å²) in [4.78, 5) is 23.9. The molecule has 1 aliphatic rings.